The van der Waals surface area contributed by atoms with E-state index in [9.17, 15) is 0 Å². The van der Waals surface area contributed by atoms with Gasteiger partial charge in [-0.2, -0.15) is 0 Å². The first-order valence-electron chi connectivity index (χ1n) is 3.04. The molecule has 50 valence electrons. The Morgan fingerprint density at radius 1 is 1.10 bits per heavy atom. The average Bonchev–Trinajstić information content (AvgIpc) is 2.27. The second-order valence-corrected chi connectivity index (χ2v) is 2.60. The zero-order chi connectivity index (χ0) is 6.97. The Labute approximate surface area is 61.8 Å². The summed E-state index contributed by atoms with van der Waals surface area (Å²) in [4.78, 5) is 0. The molecule has 1 aliphatic heterocycles. The van der Waals surface area contributed by atoms with Gasteiger partial charge in [0, 0.05) is 0 Å². The zero-order valence-electron chi connectivity index (χ0n) is 5.28. The van der Waals surface area contributed by atoms with Gasteiger partial charge in [0.25, 0.3) is 0 Å². The van der Waals surface area contributed by atoms with Gasteiger partial charge < -0.3 is 9.31 Å². The van der Waals surface area contributed by atoms with Gasteiger partial charge in [0.15, 0.2) is 0 Å². The zero-order valence-corrected chi connectivity index (χ0v) is 6.44. The highest BCUT2D eigenvalue weighted by molar-refractivity contribution is 7.59. The van der Waals surface area contributed by atoms with Gasteiger partial charge in [0.05, 0.1) is 0 Å². The van der Waals surface area contributed by atoms with E-state index in [0.29, 0.717) is 0 Å². The molecule has 0 bridgehead atoms. The second-order valence-electron chi connectivity index (χ2n) is 2.05. The number of fused-ring (bicyclic) bond motifs is 1. The van der Waals surface area contributed by atoms with Crippen molar-refractivity contribution in [2.24, 2.45) is 0 Å². The predicted molar refractivity (Wildman–Crippen MR) is 43.2 cm³/mol. The van der Waals surface area contributed by atoms with Crippen LogP contribution < -0.4 is 9.31 Å². The van der Waals surface area contributed by atoms with Gasteiger partial charge in [-0.1, -0.05) is 21.3 Å². The number of rotatable bonds is 0. The monoisotopic (exact) mass is 152 g/mol. The van der Waals surface area contributed by atoms with Crippen LogP contribution >= 0.6 is 9.12 Å². The molecule has 1 unspecified atom stereocenters. The number of hydrogen-bond donors (Lipinski definition) is 0. The maximum absolute atomic E-state index is 5.25. The van der Waals surface area contributed by atoms with Crippen LogP contribution in [0.2, 0.25) is 0 Å². The summed E-state index contributed by atoms with van der Waals surface area (Å²) < 4.78 is 10.5. The van der Waals surface area contributed by atoms with Crippen LogP contribution in [-0.4, -0.2) is 6.84 Å². The molecule has 0 fully saturated rings. The standard InChI is InChI=1S/C6H6BO2P/c10-7-8-5-3-1-2-4-6(5)9-7/h1-4H,10H2. The maximum Gasteiger partial charge on any atom is 0.615 e. The van der Waals surface area contributed by atoms with Crippen LogP contribution in [0.1, 0.15) is 0 Å². The van der Waals surface area contributed by atoms with Crippen molar-refractivity contribution in [1.29, 1.82) is 0 Å². The van der Waals surface area contributed by atoms with E-state index in [4.69, 9.17) is 9.31 Å². The SMILES string of the molecule is PB1Oc2ccccc2O1. The molecule has 0 aromatic heterocycles. The summed E-state index contributed by atoms with van der Waals surface area (Å²) in [6.45, 7) is -0.211. The fraction of sp³-hybridized carbons (Fsp3) is 0. The number of benzene rings is 1. The average molecular weight is 152 g/mol. The molecule has 1 aromatic rings. The third-order valence-corrected chi connectivity index (χ3v) is 1.61. The topological polar surface area (TPSA) is 18.5 Å². The van der Waals surface area contributed by atoms with E-state index in [2.05, 4.69) is 9.12 Å². The maximum atomic E-state index is 5.25. The highest BCUT2D eigenvalue weighted by Crippen LogP contribution is 2.33. The molecule has 1 aliphatic rings. The Morgan fingerprint density at radius 2 is 1.60 bits per heavy atom. The molecular formula is C6H6BO2P. The lowest BCUT2D eigenvalue weighted by Crippen LogP contribution is -2.14. The van der Waals surface area contributed by atoms with E-state index in [1.54, 1.807) is 0 Å². The molecule has 0 spiro atoms. The van der Waals surface area contributed by atoms with Crippen LogP contribution in [0.3, 0.4) is 0 Å². The van der Waals surface area contributed by atoms with Gasteiger partial charge in [0.2, 0.25) is 0 Å². The summed E-state index contributed by atoms with van der Waals surface area (Å²) in [5.74, 6) is 1.64. The molecule has 1 aromatic carbocycles. The largest absolute Gasteiger partial charge is 0.615 e. The lowest BCUT2D eigenvalue weighted by atomic mass is 10.3. The molecule has 0 radical (unpaired) electrons. The lowest BCUT2D eigenvalue weighted by Gasteiger charge is -1.92. The Bertz CT molecular complexity index is 228. The van der Waals surface area contributed by atoms with Crippen molar-refractivity contribution < 1.29 is 9.31 Å². The first-order valence-corrected chi connectivity index (χ1v) is 3.71. The van der Waals surface area contributed by atoms with Gasteiger partial charge in [-0.05, 0) is 12.1 Å². The van der Waals surface area contributed by atoms with Crippen molar-refractivity contribution in [2.75, 3.05) is 0 Å². The number of hydrogen-bond acceptors (Lipinski definition) is 2. The van der Waals surface area contributed by atoms with E-state index in [1.165, 1.54) is 0 Å². The summed E-state index contributed by atoms with van der Waals surface area (Å²) in [5.41, 5.74) is 0. The quantitative estimate of drug-likeness (QED) is 0.412. The Hall–Kier alpha value is -0.685. The van der Waals surface area contributed by atoms with E-state index >= 15 is 0 Å². The van der Waals surface area contributed by atoms with E-state index in [1.807, 2.05) is 24.3 Å². The molecule has 0 amide bonds. The van der Waals surface area contributed by atoms with Crippen LogP contribution in [0.4, 0.5) is 0 Å². The minimum Gasteiger partial charge on any atom is -0.520 e. The van der Waals surface area contributed by atoms with Crippen molar-refractivity contribution in [3.05, 3.63) is 24.3 Å². The van der Waals surface area contributed by atoms with Gasteiger partial charge >= 0.3 is 6.84 Å². The molecule has 0 saturated heterocycles. The van der Waals surface area contributed by atoms with Crippen LogP contribution in [-0.2, 0) is 0 Å². The molecule has 1 atom stereocenters. The van der Waals surface area contributed by atoms with E-state index in [0.717, 1.165) is 11.5 Å². The van der Waals surface area contributed by atoms with Crippen LogP contribution in [0.15, 0.2) is 24.3 Å². The third-order valence-electron chi connectivity index (χ3n) is 1.34. The summed E-state index contributed by atoms with van der Waals surface area (Å²) in [6.07, 6.45) is 0. The first kappa shape index (κ1) is 6.05. The van der Waals surface area contributed by atoms with Crippen LogP contribution in [0.25, 0.3) is 0 Å². The fourth-order valence-corrected chi connectivity index (χ4v) is 1.21. The minimum atomic E-state index is -0.211. The second kappa shape index (κ2) is 2.17. The first-order chi connectivity index (χ1) is 4.86. The smallest absolute Gasteiger partial charge is 0.520 e. The van der Waals surface area contributed by atoms with E-state index < -0.39 is 0 Å². The van der Waals surface area contributed by atoms with Crippen molar-refractivity contribution in [3.63, 3.8) is 0 Å². The summed E-state index contributed by atoms with van der Waals surface area (Å²) in [5, 5.41) is 0. The van der Waals surface area contributed by atoms with Crippen LogP contribution in [0.5, 0.6) is 11.5 Å². The summed E-state index contributed by atoms with van der Waals surface area (Å²) >= 11 is 0. The highest BCUT2D eigenvalue weighted by atomic mass is 31.0. The molecular weight excluding hydrogens is 146 g/mol. The molecule has 10 heavy (non-hydrogen) atoms. The molecule has 1 heterocycles. The molecule has 0 aliphatic carbocycles. The van der Waals surface area contributed by atoms with Crippen molar-refractivity contribution >= 4 is 16.0 Å². The van der Waals surface area contributed by atoms with Gasteiger partial charge in [-0.3, -0.25) is 0 Å². The van der Waals surface area contributed by atoms with Gasteiger partial charge in [-0.15, -0.1) is 0 Å². The molecule has 0 saturated carbocycles. The third kappa shape index (κ3) is 0.870. The molecule has 2 rings (SSSR count). The van der Waals surface area contributed by atoms with Crippen molar-refractivity contribution in [1.82, 2.24) is 0 Å². The predicted octanol–water partition coefficient (Wildman–Crippen LogP) is 1.32. The van der Waals surface area contributed by atoms with Gasteiger partial charge in [0.1, 0.15) is 11.5 Å². The molecule has 2 nitrogen and oxygen atoms in total. The Morgan fingerprint density at radius 3 is 2.10 bits per heavy atom. The number of para-hydroxylation sites is 2. The normalized spacial score (nSPS) is 13.9. The van der Waals surface area contributed by atoms with Crippen molar-refractivity contribution in [3.8, 4) is 11.5 Å². The fourth-order valence-electron chi connectivity index (χ4n) is 0.919. The van der Waals surface area contributed by atoms with Gasteiger partial charge in [-0.25, -0.2) is 0 Å². The highest BCUT2D eigenvalue weighted by Gasteiger charge is 2.25. The summed E-state index contributed by atoms with van der Waals surface area (Å²) in [6, 6.07) is 7.62. The van der Waals surface area contributed by atoms with Crippen LogP contribution in [0, 0.1) is 0 Å². The molecule has 0 N–H and O–H groups in total. The summed E-state index contributed by atoms with van der Waals surface area (Å²) in [7, 11) is 2.45. The lowest BCUT2D eigenvalue weighted by molar-refractivity contribution is 0.531. The Balaban J connectivity index is 2.42. The molecule has 4 heteroatoms. The van der Waals surface area contributed by atoms with E-state index in [-0.39, 0.29) is 6.84 Å². The Kier molecular flexibility index (Phi) is 1.31. The van der Waals surface area contributed by atoms with Crippen molar-refractivity contribution in [2.45, 2.75) is 0 Å². The minimum absolute atomic E-state index is 0.211.